The molecule has 5 nitrogen and oxygen atoms in total. The molecule has 4 rings (SSSR count). The lowest BCUT2D eigenvalue weighted by Crippen LogP contribution is -2.38. The molecule has 0 spiro atoms. The van der Waals surface area contributed by atoms with E-state index in [0.717, 1.165) is 5.56 Å². The van der Waals surface area contributed by atoms with Gasteiger partial charge in [-0.15, -0.1) is 0 Å². The summed E-state index contributed by atoms with van der Waals surface area (Å²) in [5.41, 5.74) is 1.68. The van der Waals surface area contributed by atoms with Crippen molar-refractivity contribution in [1.29, 1.82) is 0 Å². The highest BCUT2D eigenvalue weighted by Crippen LogP contribution is 2.33. The Labute approximate surface area is 169 Å². The first-order valence-corrected chi connectivity index (χ1v) is 10.6. The van der Waals surface area contributed by atoms with Crippen molar-refractivity contribution in [3.8, 4) is 0 Å². The summed E-state index contributed by atoms with van der Waals surface area (Å²) in [7, 11) is -3.89. The van der Waals surface area contributed by atoms with Gasteiger partial charge in [0.1, 0.15) is 10.7 Å². The second-order valence-electron chi connectivity index (χ2n) is 6.84. The number of fused-ring (bicyclic) bond motifs is 1. The number of hydrogen-bond donors (Lipinski definition) is 0. The highest BCUT2D eigenvalue weighted by atomic mass is 32.2. The first-order valence-electron chi connectivity index (χ1n) is 9.13. The molecule has 3 aromatic carbocycles. The molecule has 0 aromatic heterocycles. The minimum atomic E-state index is -3.89. The van der Waals surface area contributed by atoms with E-state index in [9.17, 15) is 17.6 Å². The monoisotopic (exact) mass is 410 g/mol. The van der Waals surface area contributed by atoms with Crippen LogP contribution in [-0.2, 0) is 27.9 Å². The summed E-state index contributed by atoms with van der Waals surface area (Å²) in [6, 6.07) is 21.5. The van der Waals surface area contributed by atoms with Gasteiger partial charge >= 0.3 is 0 Å². The Morgan fingerprint density at radius 3 is 2.28 bits per heavy atom. The molecule has 1 heterocycles. The second kappa shape index (κ2) is 7.77. The number of para-hydroxylation sites is 1. The maximum absolute atomic E-state index is 13.6. The zero-order chi connectivity index (χ0) is 20.4. The Kier molecular flexibility index (Phi) is 5.17. The molecule has 0 radical (unpaired) electrons. The van der Waals surface area contributed by atoms with Gasteiger partial charge in [0.2, 0.25) is 15.9 Å². The van der Waals surface area contributed by atoms with Crippen LogP contribution >= 0.6 is 0 Å². The Morgan fingerprint density at radius 2 is 1.52 bits per heavy atom. The van der Waals surface area contributed by atoms with Crippen molar-refractivity contribution >= 4 is 21.6 Å². The molecule has 0 aliphatic carbocycles. The predicted octanol–water partition coefficient (Wildman–Crippen LogP) is 3.56. The number of amides is 1. The standard InChI is InChI=1S/C22H19FN2O3S/c23-19-10-6-9-18(13-19)15-25-20-11-4-5-12-21(20)29(27,28)24(16-22(25)26)14-17-7-2-1-3-8-17/h1-13H,14-16H2. The third kappa shape index (κ3) is 3.92. The average molecular weight is 410 g/mol. The smallest absolute Gasteiger partial charge is 0.245 e. The van der Waals surface area contributed by atoms with Crippen molar-refractivity contribution in [2.45, 2.75) is 18.0 Å². The van der Waals surface area contributed by atoms with Crippen molar-refractivity contribution < 1.29 is 17.6 Å². The van der Waals surface area contributed by atoms with Crippen molar-refractivity contribution in [2.24, 2.45) is 0 Å². The van der Waals surface area contributed by atoms with Gasteiger partial charge in [-0.2, -0.15) is 4.31 Å². The lowest BCUT2D eigenvalue weighted by atomic mass is 10.2. The molecule has 1 aliphatic rings. The van der Waals surface area contributed by atoms with E-state index in [0.29, 0.717) is 11.3 Å². The fourth-order valence-corrected chi connectivity index (χ4v) is 4.98. The van der Waals surface area contributed by atoms with Crippen LogP contribution in [0.5, 0.6) is 0 Å². The normalized spacial score (nSPS) is 16.3. The van der Waals surface area contributed by atoms with Crippen molar-refractivity contribution in [1.82, 2.24) is 4.31 Å². The van der Waals surface area contributed by atoms with E-state index in [2.05, 4.69) is 0 Å². The molecule has 0 saturated carbocycles. The largest absolute Gasteiger partial charge is 0.305 e. The first kappa shape index (κ1) is 19.3. The number of nitrogens with zero attached hydrogens (tertiary/aromatic N) is 2. The minimum absolute atomic E-state index is 0.0678. The van der Waals surface area contributed by atoms with Gasteiger partial charge in [0.15, 0.2) is 0 Å². The SMILES string of the molecule is O=C1CN(Cc2ccccc2)S(=O)(=O)c2ccccc2N1Cc1cccc(F)c1. The molecule has 3 aromatic rings. The average Bonchev–Trinajstić information content (AvgIpc) is 2.78. The number of halogens is 1. The number of carbonyl (C=O) groups is 1. The van der Waals surface area contributed by atoms with Crippen LogP contribution in [-0.4, -0.2) is 25.2 Å². The van der Waals surface area contributed by atoms with E-state index in [-0.39, 0.29) is 30.4 Å². The van der Waals surface area contributed by atoms with Crippen LogP contribution in [0.1, 0.15) is 11.1 Å². The van der Waals surface area contributed by atoms with E-state index in [4.69, 9.17) is 0 Å². The van der Waals surface area contributed by atoms with Crippen molar-refractivity contribution in [3.05, 3.63) is 95.8 Å². The fourth-order valence-electron chi connectivity index (χ4n) is 3.41. The first-order chi connectivity index (χ1) is 13.9. The number of carbonyl (C=O) groups excluding carboxylic acids is 1. The summed E-state index contributed by atoms with van der Waals surface area (Å²) in [6.07, 6.45) is 0. The predicted molar refractivity (Wildman–Crippen MR) is 108 cm³/mol. The Bertz CT molecular complexity index is 1150. The zero-order valence-electron chi connectivity index (χ0n) is 15.5. The van der Waals surface area contributed by atoms with Gasteiger partial charge in [0.25, 0.3) is 0 Å². The van der Waals surface area contributed by atoms with Crippen LogP contribution in [0, 0.1) is 5.82 Å². The van der Waals surface area contributed by atoms with E-state index >= 15 is 0 Å². The zero-order valence-corrected chi connectivity index (χ0v) is 16.3. The lowest BCUT2D eigenvalue weighted by molar-refractivity contribution is -0.119. The van der Waals surface area contributed by atoms with Crippen LogP contribution in [0.2, 0.25) is 0 Å². The molecule has 0 saturated heterocycles. The number of benzene rings is 3. The molecule has 29 heavy (non-hydrogen) atoms. The molecular weight excluding hydrogens is 391 g/mol. The van der Waals surface area contributed by atoms with Gasteiger partial charge in [0, 0.05) is 6.54 Å². The van der Waals surface area contributed by atoms with Gasteiger partial charge in [-0.05, 0) is 35.4 Å². The molecule has 1 aliphatic heterocycles. The molecule has 148 valence electrons. The second-order valence-corrected chi connectivity index (χ2v) is 8.74. The summed E-state index contributed by atoms with van der Waals surface area (Å²) in [5.74, 6) is -0.768. The third-order valence-corrected chi connectivity index (χ3v) is 6.66. The van der Waals surface area contributed by atoms with Crippen molar-refractivity contribution in [3.63, 3.8) is 0 Å². The van der Waals surface area contributed by atoms with Crippen LogP contribution in [0.3, 0.4) is 0 Å². The van der Waals surface area contributed by atoms with Gasteiger partial charge in [-0.25, -0.2) is 12.8 Å². The quantitative estimate of drug-likeness (QED) is 0.661. The lowest BCUT2D eigenvalue weighted by Gasteiger charge is -2.22. The molecule has 0 atom stereocenters. The van der Waals surface area contributed by atoms with Gasteiger partial charge in [-0.3, -0.25) is 4.79 Å². The van der Waals surface area contributed by atoms with Crippen LogP contribution in [0.4, 0.5) is 10.1 Å². The molecule has 0 fully saturated rings. The highest BCUT2D eigenvalue weighted by Gasteiger charge is 2.36. The number of anilines is 1. The van der Waals surface area contributed by atoms with E-state index < -0.39 is 15.8 Å². The topological polar surface area (TPSA) is 57.7 Å². The molecule has 7 heteroatoms. The third-order valence-electron chi connectivity index (χ3n) is 4.82. The van der Waals surface area contributed by atoms with E-state index in [1.165, 1.54) is 27.4 Å². The van der Waals surface area contributed by atoms with Gasteiger partial charge < -0.3 is 4.90 Å². The summed E-state index contributed by atoms with van der Waals surface area (Å²) in [5, 5.41) is 0. The summed E-state index contributed by atoms with van der Waals surface area (Å²) >= 11 is 0. The van der Waals surface area contributed by atoms with Crippen LogP contribution in [0.15, 0.2) is 83.8 Å². The summed E-state index contributed by atoms with van der Waals surface area (Å²) < 4.78 is 41.4. The van der Waals surface area contributed by atoms with Crippen LogP contribution in [0.25, 0.3) is 0 Å². The number of hydrogen-bond acceptors (Lipinski definition) is 3. The number of sulfonamides is 1. The molecule has 0 N–H and O–H groups in total. The van der Waals surface area contributed by atoms with Crippen LogP contribution < -0.4 is 4.90 Å². The summed E-state index contributed by atoms with van der Waals surface area (Å²) in [4.78, 5) is 14.6. The van der Waals surface area contributed by atoms with Gasteiger partial charge in [0.05, 0.1) is 18.8 Å². The van der Waals surface area contributed by atoms with Crippen molar-refractivity contribution in [2.75, 3.05) is 11.4 Å². The number of rotatable bonds is 4. The van der Waals surface area contributed by atoms with E-state index in [1.807, 2.05) is 30.3 Å². The Balaban J connectivity index is 1.76. The Hall–Kier alpha value is -3.03. The maximum Gasteiger partial charge on any atom is 0.245 e. The molecule has 1 amide bonds. The fraction of sp³-hybridized carbons (Fsp3) is 0.136. The minimum Gasteiger partial charge on any atom is -0.305 e. The molecule has 0 bridgehead atoms. The maximum atomic E-state index is 13.6. The van der Waals surface area contributed by atoms with E-state index in [1.54, 1.807) is 30.3 Å². The highest BCUT2D eigenvalue weighted by molar-refractivity contribution is 7.89. The van der Waals surface area contributed by atoms with Gasteiger partial charge in [-0.1, -0.05) is 54.6 Å². The molecular formula is C22H19FN2O3S. The summed E-state index contributed by atoms with van der Waals surface area (Å²) in [6.45, 7) is -0.111. The molecule has 0 unspecified atom stereocenters. The Morgan fingerprint density at radius 1 is 0.828 bits per heavy atom.